The van der Waals surface area contributed by atoms with Crippen molar-refractivity contribution in [1.82, 2.24) is 0 Å². The summed E-state index contributed by atoms with van der Waals surface area (Å²) in [7, 11) is -3.72. The predicted octanol–water partition coefficient (Wildman–Crippen LogP) is 7.57. The van der Waals surface area contributed by atoms with Crippen LogP contribution in [0.3, 0.4) is 0 Å². The van der Waals surface area contributed by atoms with Crippen molar-refractivity contribution in [2.24, 2.45) is 5.92 Å². The molecule has 0 fully saturated rings. The highest BCUT2D eigenvalue weighted by molar-refractivity contribution is 7.86. The van der Waals surface area contributed by atoms with E-state index in [1.54, 1.807) is 24.3 Å². The predicted molar refractivity (Wildman–Crippen MR) is 134 cm³/mol. The van der Waals surface area contributed by atoms with Gasteiger partial charge in [0.15, 0.2) is 0 Å². The maximum absolute atomic E-state index is 12.4. The minimum atomic E-state index is -3.72. The lowest BCUT2D eigenvalue weighted by atomic mass is 9.97. The maximum atomic E-state index is 12.4. The molecule has 0 bridgehead atoms. The van der Waals surface area contributed by atoms with E-state index in [0.717, 1.165) is 31.2 Å². The molecule has 0 aromatic heterocycles. The van der Waals surface area contributed by atoms with Crippen LogP contribution in [0.15, 0.2) is 29.2 Å². The van der Waals surface area contributed by atoms with Gasteiger partial charge in [-0.3, -0.25) is 4.18 Å². The summed E-state index contributed by atoms with van der Waals surface area (Å²) in [5.41, 5.74) is 1.02. The van der Waals surface area contributed by atoms with Crippen LogP contribution in [0.2, 0.25) is 0 Å². The van der Waals surface area contributed by atoms with Crippen molar-refractivity contribution in [3.05, 3.63) is 29.8 Å². The van der Waals surface area contributed by atoms with E-state index in [2.05, 4.69) is 6.92 Å². The van der Waals surface area contributed by atoms with Crippen LogP contribution in [0.4, 0.5) is 0 Å². The van der Waals surface area contributed by atoms with Crippen molar-refractivity contribution < 1.29 is 17.7 Å². The number of hydrogen-bond acceptors (Lipinski definition) is 4. The van der Waals surface area contributed by atoms with Gasteiger partial charge >= 0.3 is 0 Å². The zero-order chi connectivity index (χ0) is 23.7. The lowest BCUT2D eigenvalue weighted by Gasteiger charge is -2.17. The third kappa shape index (κ3) is 13.6. The average molecular weight is 469 g/mol. The quantitative estimate of drug-likeness (QED) is 0.158. The summed E-state index contributed by atoms with van der Waals surface area (Å²) in [5, 5.41) is 10.3. The second kappa shape index (κ2) is 17.6. The molecular formula is C27H48O4S. The molecule has 2 atom stereocenters. The Morgan fingerprint density at radius 1 is 0.781 bits per heavy atom. The minimum absolute atomic E-state index is 0.141. The van der Waals surface area contributed by atoms with Crippen LogP contribution in [0.25, 0.3) is 0 Å². The normalized spacial score (nSPS) is 13.9. The molecule has 0 amide bonds. The van der Waals surface area contributed by atoms with Crippen LogP contribution in [0, 0.1) is 12.8 Å². The third-order valence-electron chi connectivity index (χ3n) is 6.39. The van der Waals surface area contributed by atoms with Crippen LogP contribution >= 0.6 is 0 Å². The van der Waals surface area contributed by atoms with Gasteiger partial charge in [-0.25, -0.2) is 0 Å². The Labute approximate surface area is 198 Å². The van der Waals surface area contributed by atoms with Crippen molar-refractivity contribution in [2.75, 3.05) is 6.61 Å². The summed E-state index contributed by atoms with van der Waals surface area (Å²) >= 11 is 0. The maximum Gasteiger partial charge on any atom is 0.296 e. The number of hydrogen-bond donors (Lipinski definition) is 1. The van der Waals surface area contributed by atoms with Crippen molar-refractivity contribution >= 4 is 10.1 Å². The molecule has 1 aromatic rings. The van der Waals surface area contributed by atoms with Gasteiger partial charge in [0.1, 0.15) is 0 Å². The molecule has 1 rings (SSSR count). The molecule has 0 heterocycles. The molecule has 1 N–H and O–H groups in total. The van der Waals surface area contributed by atoms with E-state index < -0.39 is 10.1 Å². The molecule has 0 aliphatic carbocycles. The van der Waals surface area contributed by atoms with Crippen LogP contribution in [0.5, 0.6) is 0 Å². The van der Waals surface area contributed by atoms with Gasteiger partial charge in [0.05, 0.1) is 17.6 Å². The van der Waals surface area contributed by atoms with Crippen molar-refractivity contribution in [3.8, 4) is 0 Å². The van der Waals surface area contributed by atoms with E-state index >= 15 is 0 Å². The Kier molecular flexibility index (Phi) is 16.0. The number of rotatable bonds is 20. The summed E-state index contributed by atoms with van der Waals surface area (Å²) in [6.07, 6.45) is 17.3. The van der Waals surface area contributed by atoms with E-state index in [1.165, 1.54) is 64.2 Å². The van der Waals surface area contributed by atoms with Gasteiger partial charge in [-0.05, 0) is 44.2 Å². The molecule has 4 nitrogen and oxygen atoms in total. The summed E-state index contributed by atoms with van der Waals surface area (Å²) < 4.78 is 30.0. The van der Waals surface area contributed by atoms with Gasteiger partial charge in [-0.1, -0.05) is 109 Å². The first-order valence-corrected chi connectivity index (χ1v) is 14.4. The summed E-state index contributed by atoms with van der Waals surface area (Å²) in [6.45, 7) is 6.40. The van der Waals surface area contributed by atoms with Crippen LogP contribution in [-0.2, 0) is 14.3 Å². The standard InChI is InChI=1S/C27H48O4S/c1-4-6-7-8-9-10-11-12-13-14-15-16-26(28)20-19-25(5-2)23-31-32(29,30)27-21-17-24(3)18-22-27/h17-18,21-22,25-26,28H,4-16,19-20,23H2,1-3H3. The molecule has 32 heavy (non-hydrogen) atoms. The molecule has 0 saturated heterocycles. The van der Waals surface area contributed by atoms with Gasteiger partial charge in [0, 0.05) is 0 Å². The van der Waals surface area contributed by atoms with Crippen LogP contribution in [-0.4, -0.2) is 26.2 Å². The van der Waals surface area contributed by atoms with Gasteiger partial charge in [-0.2, -0.15) is 8.42 Å². The largest absolute Gasteiger partial charge is 0.393 e. The lowest BCUT2D eigenvalue weighted by molar-refractivity contribution is 0.133. The van der Waals surface area contributed by atoms with E-state index in [-0.39, 0.29) is 23.5 Å². The topological polar surface area (TPSA) is 63.6 Å². The fraction of sp³-hybridized carbons (Fsp3) is 0.778. The molecule has 0 aliphatic heterocycles. The lowest BCUT2D eigenvalue weighted by Crippen LogP contribution is -2.17. The molecule has 0 radical (unpaired) electrons. The first kappa shape index (κ1) is 29.1. The van der Waals surface area contributed by atoms with Crippen molar-refractivity contribution in [2.45, 2.75) is 128 Å². The number of aryl methyl sites for hydroxylation is 1. The summed E-state index contributed by atoms with van der Waals surface area (Å²) in [5.74, 6) is 0.141. The van der Waals surface area contributed by atoms with Gasteiger partial charge in [0.2, 0.25) is 0 Å². The molecule has 0 aliphatic rings. The fourth-order valence-electron chi connectivity index (χ4n) is 3.98. The smallest absolute Gasteiger partial charge is 0.296 e. The van der Waals surface area contributed by atoms with E-state index in [4.69, 9.17) is 4.18 Å². The Bertz CT molecular complexity index is 669. The highest BCUT2D eigenvalue weighted by Gasteiger charge is 2.18. The van der Waals surface area contributed by atoms with Crippen molar-refractivity contribution in [3.63, 3.8) is 0 Å². The Morgan fingerprint density at radius 3 is 1.84 bits per heavy atom. The highest BCUT2D eigenvalue weighted by Crippen LogP contribution is 2.20. The zero-order valence-electron chi connectivity index (χ0n) is 20.9. The van der Waals surface area contributed by atoms with Crippen LogP contribution in [0.1, 0.15) is 116 Å². The summed E-state index contributed by atoms with van der Waals surface area (Å²) in [6, 6.07) is 6.73. The number of unbranched alkanes of at least 4 members (excludes halogenated alkanes) is 10. The first-order valence-electron chi connectivity index (χ1n) is 13.0. The molecule has 1 aromatic carbocycles. The first-order chi connectivity index (χ1) is 15.4. The molecule has 2 unspecified atom stereocenters. The monoisotopic (exact) mass is 468 g/mol. The zero-order valence-corrected chi connectivity index (χ0v) is 21.7. The van der Waals surface area contributed by atoms with Crippen molar-refractivity contribution in [1.29, 1.82) is 0 Å². The van der Waals surface area contributed by atoms with Gasteiger partial charge in [0.25, 0.3) is 10.1 Å². The SMILES string of the molecule is CCCCCCCCCCCCCC(O)CCC(CC)COS(=O)(=O)c1ccc(C)cc1. The van der Waals surface area contributed by atoms with E-state index in [0.29, 0.717) is 6.42 Å². The number of benzene rings is 1. The molecular weight excluding hydrogens is 420 g/mol. The van der Waals surface area contributed by atoms with Crippen LogP contribution < -0.4 is 0 Å². The average Bonchev–Trinajstić information content (AvgIpc) is 2.78. The number of aliphatic hydroxyl groups excluding tert-OH is 1. The number of aliphatic hydroxyl groups is 1. The summed E-state index contributed by atoms with van der Waals surface area (Å²) in [4.78, 5) is 0.203. The van der Waals surface area contributed by atoms with E-state index in [9.17, 15) is 13.5 Å². The Balaban J connectivity index is 2.11. The second-order valence-electron chi connectivity index (χ2n) is 9.38. The Morgan fingerprint density at radius 2 is 1.31 bits per heavy atom. The molecule has 186 valence electrons. The second-order valence-corrected chi connectivity index (χ2v) is 11.0. The Hall–Kier alpha value is -0.910. The van der Waals surface area contributed by atoms with E-state index in [1.807, 2.05) is 13.8 Å². The minimum Gasteiger partial charge on any atom is -0.393 e. The molecule has 0 spiro atoms. The molecule has 0 saturated carbocycles. The third-order valence-corrected chi connectivity index (χ3v) is 7.69. The van der Waals surface area contributed by atoms with Gasteiger partial charge in [-0.15, -0.1) is 0 Å². The highest BCUT2D eigenvalue weighted by atomic mass is 32.2. The fourth-order valence-corrected chi connectivity index (χ4v) is 4.96. The van der Waals surface area contributed by atoms with Gasteiger partial charge < -0.3 is 5.11 Å². The molecule has 5 heteroatoms.